The smallest absolute Gasteiger partial charge is 0.306 e. The third kappa shape index (κ3) is 4.48. The van der Waals surface area contributed by atoms with Gasteiger partial charge in [0.1, 0.15) is 6.10 Å². The maximum absolute atomic E-state index is 12.4. The molecule has 28 heavy (non-hydrogen) atoms. The fraction of sp³-hybridized carbons (Fsp3) is 0.583. The number of aryl methyl sites for hydroxylation is 1. The number of benzene rings is 1. The first-order valence-electron chi connectivity index (χ1n) is 10.4. The van der Waals surface area contributed by atoms with Gasteiger partial charge in [-0.05, 0) is 66.9 Å². The molecule has 5 atom stereocenters. The van der Waals surface area contributed by atoms with Gasteiger partial charge in [0.15, 0.2) is 0 Å². The molecule has 2 fully saturated rings. The lowest BCUT2D eigenvalue weighted by Crippen LogP contribution is -2.45. The monoisotopic (exact) mass is 384 g/mol. The summed E-state index contributed by atoms with van der Waals surface area (Å²) >= 11 is 0. The van der Waals surface area contributed by atoms with Crippen LogP contribution in [-0.4, -0.2) is 23.1 Å². The fourth-order valence-electron chi connectivity index (χ4n) is 5.06. The second kappa shape index (κ2) is 8.50. The number of hydrogen-bond acceptors (Lipinski definition) is 3. The van der Waals surface area contributed by atoms with Gasteiger partial charge >= 0.3 is 11.9 Å². The van der Waals surface area contributed by atoms with Crippen LogP contribution in [0.1, 0.15) is 57.9 Å². The number of esters is 1. The standard InChI is InChI=1S/C24H32O4/c1-16(23(26)27)19-11-13-24(3)14-12-21(17(2)20(24)15-19)28-22(25)10-9-18-7-5-4-6-8-18/h4-8,16,19-21H,2,9-15H2,1,3H3,(H,26,27)/t16-,19+,20+,21-,24+/m0/s1. The minimum absolute atomic E-state index is 0.152. The predicted octanol–water partition coefficient (Wildman–Crippen LogP) is 5.02. The Morgan fingerprint density at radius 1 is 1.25 bits per heavy atom. The molecule has 0 aliphatic heterocycles. The van der Waals surface area contributed by atoms with E-state index in [2.05, 4.69) is 13.5 Å². The molecule has 0 spiro atoms. The van der Waals surface area contributed by atoms with Crippen LogP contribution in [-0.2, 0) is 20.7 Å². The van der Waals surface area contributed by atoms with Gasteiger partial charge in [-0.3, -0.25) is 9.59 Å². The summed E-state index contributed by atoms with van der Waals surface area (Å²) in [5.74, 6) is -0.844. The van der Waals surface area contributed by atoms with Crippen molar-refractivity contribution in [2.24, 2.45) is 23.2 Å². The average molecular weight is 385 g/mol. The van der Waals surface area contributed by atoms with E-state index in [9.17, 15) is 14.7 Å². The molecule has 0 unspecified atom stereocenters. The molecule has 152 valence electrons. The van der Waals surface area contributed by atoms with Gasteiger partial charge in [0.25, 0.3) is 0 Å². The zero-order valence-electron chi connectivity index (χ0n) is 17.0. The Morgan fingerprint density at radius 2 is 1.93 bits per heavy atom. The Labute approximate surface area is 168 Å². The summed E-state index contributed by atoms with van der Waals surface area (Å²) in [5.41, 5.74) is 2.27. The van der Waals surface area contributed by atoms with Crippen molar-refractivity contribution < 1.29 is 19.4 Å². The Kier molecular flexibility index (Phi) is 6.26. The zero-order valence-corrected chi connectivity index (χ0v) is 17.0. The number of carboxylic acid groups (broad SMARTS) is 1. The van der Waals surface area contributed by atoms with E-state index in [-0.39, 0.29) is 35.2 Å². The summed E-state index contributed by atoms with van der Waals surface area (Å²) < 4.78 is 5.81. The molecule has 0 heterocycles. The van der Waals surface area contributed by atoms with Crippen molar-refractivity contribution >= 4 is 11.9 Å². The van der Waals surface area contributed by atoms with Crippen molar-refractivity contribution in [1.29, 1.82) is 0 Å². The molecule has 0 bridgehead atoms. The molecule has 1 N–H and O–H groups in total. The highest BCUT2D eigenvalue weighted by Gasteiger charge is 2.48. The molecule has 0 radical (unpaired) electrons. The largest absolute Gasteiger partial charge is 0.481 e. The lowest BCUT2D eigenvalue weighted by Gasteiger charge is -2.51. The number of ether oxygens (including phenoxy) is 1. The van der Waals surface area contributed by atoms with Crippen LogP contribution in [0.4, 0.5) is 0 Å². The Morgan fingerprint density at radius 3 is 2.61 bits per heavy atom. The first kappa shape index (κ1) is 20.6. The number of carbonyl (C=O) groups excluding carboxylic acids is 1. The van der Waals surface area contributed by atoms with Crippen LogP contribution in [0, 0.1) is 23.2 Å². The lowest BCUT2D eigenvalue weighted by atomic mass is 9.55. The summed E-state index contributed by atoms with van der Waals surface area (Å²) in [5, 5.41) is 9.39. The third-order valence-corrected chi connectivity index (χ3v) is 7.14. The quantitative estimate of drug-likeness (QED) is 0.552. The maximum atomic E-state index is 12.4. The number of hydrogen-bond donors (Lipinski definition) is 1. The molecular weight excluding hydrogens is 352 g/mol. The number of aliphatic carboxylic acids is 1. The van der Waals surface area contributed by atoms with E-state index >= 15 is 0 Å². The van der Waals surface area contributed by atoms with Crippen LogP contribution in [0.15, 0.2) is 42.5 Å². The summed E-state index contributed by atoms with van der Waals surface area (Å²) in [7, 11) is 0. The molecule has 1 aromatic carbocycles. The van der Waals surface area contributed by atoms with Crippen LogP contribution in [0.25, 0.3) is 0 Å². The molecule has 0 amide bonds. The highest BCUT2D eigenvalue weighted by atomic mass is 16.5. The zero-order chi connectivity index (χ0) is 20.3. The molecule has 2 saturated carbocycles. The molecule has 4 heteroatoms. The van der Waals surface area contributed by atoms with E-state index in [0.29, 0.717) is 12.8 Å². The summed E-state index contributed by atoms with van der Waals surface area (Å²) in [6.45, 7) is 8.41. The van der Waals surface area contributed by atoms with Crippen LogP contribution in [0.2, 0.25) is 0 Å². The molecule has 1 aromatic rings. The van der Waals surface area contributed by atoms with Crippen molar-refractivity contribution in [2.45, 2.75) is 64.9 Å². The first-order chi connectivity index (χ1) is 13.3. The predicted molar refractivity (Wildman–Crippen MR) is 109 cm³/mol. The molecule has 2 aliphatic carbocycles. The SMILES string of the molecule is C=C1[C@@H](OC(=O)CCc2ccccc2)CC[C@@]2(C)CC[C@@H]([C@H](C)C(=O)O)C[C@H]12. The van der Waals surface area contributed by atoms with E-state index in [4.69, 9.17) is 4.74 Å². The van der Waals surface area contributed by atoms with Crippen LogP contribution < -0.4 is 0 Å². The Bertz CT molecular complexity index is 725. The Balaban J connectivity index is 1.59. The van der Waals surface area contributed by atoms with Crippen LogP contribution in [0.5, 0.6) is 0 Å². The van der Waals surface area contributed by atoms with Gasteiger partial charge in [0.2, 0.25) is 0 Å². The van der Waals surface area contributed by atoms with E-state index in [1.54, 1.807) is 0 Å². The number of fused-ring (bicyclic) bond motifs is 1. The molecule has 2 aliphatic rings. The van der Waals surface area contributed by atoms with Gasteiger partial charge in [-0.2, -0.15) is 0 Å². The Hall–Kier alpha value is -2.10. The van der Waals surface area contributed by atoms with Gasteiger partial charge in [-0.15, -0.1) is 0 Å². The fourth-order valence-corrected chi connectivity index (χ4v) is 5.06. The minimum Gasteiger partial charge on any atom is -0.481 e. The van der Waals surface area contributed by atoms with E-state index in [1.165, 1.54) is 0 Å². The van der Waals surface area contributed by atoms with Crippen molar-refractivity contribution in [1.82, 2.24) is 0 Å². The average Bonchev–Trinajstić information content (AvgIpc) is 2.69. The van der Waals surface area contributed by atoms with Crippen LogP contribution >= 0.6 is 0 Å². The van der Waals surface area contributed by atoms with Gasteiger partial charge < -0.3 is 9.84 Å². The van der Waals surface area contributed by atoms with E-state index < -0.39 is 5.97 Å². The van der Waals surface area contributed by atoms with Gasteiger partial charge in [0.05, 0.1) is 5.92 Å². The van der Waals surface area contributed by atoms with Crippen LogP contribution in [0.3, 0.4) is 0 Å². The van der Waals surface area contributed by atoms with Crippen molar-refractivity contribution in [2.75, 3.05) is 0 Å². The highest BCUT2D eigenvalue weighted by molar-refractivity contribution is 5.70. The van der Waals surface area contributed by atoms with Crippen molar-refractivity contribution in [3.8, 4) is 0 Å². The molecule has 0 aromatic heterocycles. The van der Waals surface area contributed by atoms with Crippen molar-refractivity contribution in [3.05, 3.63) is 48.0 Å². The molecule has 0 saturated heterocycles. The summed E-state index contributed by atoms with van der Waals surface area (Å²) in [4.78, 5) is 23.8. The molecule has 3 rings (SSSR count). The number of carbonyl (C=O) groups is 2. The number of carboxylic acids is 1. The van der Waals surface area contributed by atoms with Gasteiger partial charge in [-0.1, -0.05) is 50.8 Å². The lowest BCUT2D eigenvalue weighted by molar-refractivity contribution is -0.150. The van der Waals surface area contributed by atoms with Gasteiger partial charge in [0, 0.05) is 6.42 Å². The second-order valence-corrected chi connectivity index (χ2v) is 8.95. The van der Waals surface area contributed by atoms with Crippen molar-refractivity contribution in [3.63, 3.8) is 0 Å². The summed E-state index contributed by atoms with van der Waals surface area (Å²) in [6.07, 6.45) is 5.44. The van der Waals surface area contributed by atoms with Gasteiger partial charge in [-0.25, -0.2) is 0 Å². The molecular formula is C24H32O4. The number of rotatable bonds is 6. The second-order valence-electron chi connectivity index (χ2n) is 8.95. The normalized spacial score (nSPS) is 30.9. The third-order valence-electron chi connectivity index (χ3n) is 7.14. The maximum Gasteiger partial charge on any atom is 0.306 e. The summed E-state index contributed by atoms with van der Waals surface area (Å²) in [6, 6.07) is 9.95. The highest BCUT2D eigenvalue weighted by Crippen LogP contribution is 2.55. The van der Waals surface area contributed by atoms with E-state index in [0.717, 1.165) is 43.2 Å². The van der Waals surface area contributed by atoms with E-state index in [1.807, 2.05) is 37.3 Å². The minimum atomic E-state index is -0.723. The molecule has 4 nitrogen and oxygen atoms in total. The topological polar surface area (TPSA) is 63.6 Å². The first-order valence-corrected chi connectivity index (χ1v) is 10.4.